The van der Waals surface area contributed by atoms with Crippen molar-refractivity contribution >= 4 is 11.8 Å². The molecule has 7 nitrogen and oxygen atoms in total. The molecule has 22 heavy (non-hydrogen) atoms. The molecule has 2 aliphatic rings. The van der Waals surface area contributed by atoms with Gasteiger partial charge in [-0.3, -0.25) is 14.2 Å². The van der Waals surface area contributed by atoms with Gasteiger partial charge in [0.05, 0.1) is 0 Å². The zero-order chi connectivity index (χ0) is 15.6. The van der Waals surface area contributed by atoms with Crippen LogP contribution in [0.5, 0.6) is 0 Å². The first kappa shape index (κ1) is 15.0. The summed E-state index contributed by atoms with van der Waals surface area (Å²) in [5.41, 5.74) is -0.0389. The molecule has 3 rings (SSSR count). The van der Waals surface area contributed by atoms with Gasteiger partial charge >= 0.3 is 5.97 Å². The molecule has 1 aliphatic heterocycles. The van der Waals surface area contributed by atoms with Crippen molar-refractivity contribution in [3.63, 3.8) is 0 Å². The van der Waals surface area contributed by atoms with E-state index in [-0.39, 0.29) is 24.0 Å². The molecule has 1 aromatic rings. The Hall–Kier alpha value is -1.89. The summed E-state index contributed by atoms with van der Waals surface area (Å²) >= 11 is 0. The van der Waals surface area contributed by atoms with Gasteiger partial charge in [0.25, 0.3) is 5.56 Å². The predicted molar refractivity (Wildman–Crippen MR) is 79.9 cm³/mol. The summed E-state index contributed by atoms with van der Waals surface area (Å²) in [6.07, 6.45) is 8.19. The molecule has 0 amide bonds. The number of aromatic nitrogens is 2. The van der Waals surface area contributed by atoms with Gasteiger partial charge in [0, 0.05) is 31.6 Å². The van der Waals surface area contributed by atoms with Crippen LogP contribution in [0.25, 0.3) is 0 Å². The van der Waals surface area contributed by atoms with Crippen LogP contribution < -0.4 is 10.9 Å². The Labute approximate surface area is 128 Å². The highest BCUT2D eigenvalue weighted by atomic mass is 16.5. The van der Waals surface area contributed by atoms with E-state index in [1.165, 1.54) is 12.4 Å². The zero-order valence-electron chi connectivity index (χ0n) is 12.5. The van der Waals surface area contributed by atoms with Crippen molar-refractivity contribution in [2.24, 2.45) is 5.41 Å². The summed E-state index contributed by atoms with van der Waals surface area (Å²) in [7, 11) is 0. The number of carboxylic acids is 1. The molecule has 2 fully saturated rings. The average Bonchev–Trinajstić information content (AvgIpc) is 2.86. The molecule has 2 N–H and O–H groups in total. The number of ether oxygens (including phenoxy) is 1. The van der Waals surface area contributed by atoms with Crippen molar-refractivity contribution in [3.05, 3.63) is 22.7 Å². The molecule has 1 atom stereocenters. The van der Waals surface area contributed by atoms with E-state index in [0.717, 1.165) is 49.9 Å². The molecular weight excluding hydrogens is 286 g/mol. The van der Waals surface area contributed by atoms with E-state index in [0.29, 0.717) is 5.41 Å². The van der Waals surface area contributed by atoms with Gasteiger partial charge in [-0.2, -0.15) is 0 Å². The first-order chi connectivity index (χ1) is 10.6. The minimum Gasteiger partial charge on any atom is -0.480 e. The summed E-state index contributed by atoms with van der Waals surface area (Å²) < 4.78 is 6.60. The van der Waals surface area contributed by atoms with Gasteiger partial charge < -0.3 is 15.2 Å². The SMILES string of the molecule is O=C(O)Cn1ccnc(NC2CCC3(CCOCC3)C2)c1=O. The lowest BCUT2D eigenvalue weighted by Crippen LogP contribution is -2.31. The fraction of sp³-hybridized carbons (Fsp3) is 0.667. The van der Waals surface area contributed by atoms with E-state index >= 15 is 0 Å². The summed E-state index contributed by atoms with van der Waals surface area (Å²) in [6.45, 7) is 1.30. The number of hydrogen-bond donors (Lipinski definition) is 2. The van der Waals surface area contributed by atoms with Crippen LogP contribution in [0, 0.1) is 5.41 Å². The van der Waals surface area contributed by atoms with E-state index in [9.17, 15) is 9.59 Å². The van der Waals surface area contributed by atoms with Gasteiger partial charge in [0.15, 0.2) is 5.82 Å². The molecule has 1 saturated heterocycles. The normalized spacial score (nSPS) is 23.5. The van der Waals surface area contributed by atoms with Gasteiger partial charge in [0.1, 0.15) is 6.54 Å². The number of nitrogens with one attached hydrogen (secondary N) is 1. The minimum absolute atomic E-state index is 0.221. The number of carbonyl (C=O) groups is 1. The Bertz CT molecular complexity index is 607. The summed E-state index contributed by atoms with van der Waals surface area (Å²) in [5, 5.41) is 12.0. The monoisotopic (exact) mass is 307 g/mol. The van der Waals surface area contributed by atoms with E-state index < -0.39 is 5.97 Å². The Morgan fingerprint density at radius 1 is 1.45 bits per heavy atom. The molecule has 120 valence electrons. The second kappa shape index (κ2) is 6.08. The van der Waals surface area contributed by atoms with E-state index in [4.69, 9.17) is 9.84 Å². The molecular formula is C15H21N3O4. The first-order valence-corrected chi connectivity index (χ1v) is 7.70. The maximum absolute atomic E-state index is 12.2. The van der Waals surface area contributed by atoms with Gasteiger partial charge in [-0.15, -0.1) is 0 Å². The predicted octanol–water partition coefficient (Wildman–Crippen LogP) is 1.09. The first-order valence-electron chi connectivity index (χ1n) is 7.70. The maximum Gasteiger partial charge on any atom is 0.323 e. The van der Waals surface area contributed by atoms with Gasteiger partial charge in [0.2, 0.25) is 0 Å². The number of nitrogens with zero attached hydrogens (tertiary/aromatic N) is 2. The van der Waals surface area contributed by atoms with Crippen LogP contribution in [0.1, 0.15) is 32.1 Å². The van der Waals surface area contributed by atoms with Gasteiger partial charge in [-0.25, -0.2) is 4.98 Å². The topological polar surface area (TPSA) is 93.4 Å². The highest BCUT2D eigenvalue weighted by molar-refractivity contribution is 5.66. The van der Waals surface area contributed by atoms with E-state index in [1.807, 2.05) is 0 Å². The number of carboxylic acid groups (broad SMARTS) is 1. The van der Waals surface area contributed by atoms with Crippen LogP contribution in [0.4, 0.5) is 5.82 Å². The summed E-state index contributed by atoms with van der Waals surface area (Å²) in [6, 6.07) is 0.221. The Morgan fingerprint density at radius 3 is 2.95 bits per heavy atom. The van der Waals surface area contributed by atoms with Crippen molar-refractivity contribution < 1.29 is 14.6 Å². The zero-order valence-corrected chi connectivity index (χ0v) is 12.5. The van der Waals surface area contributed by atoms with Crippen LogP contribution >= 0.6 is 0 Å². The standard InChI is InChI=1S/C15H21N3O4/c19-12(20)10-18-6-5-16-13(14(18)21)17-11-1-2-15(9-11)3-7-22-8-4-15/h5-6,11H,1-4,7-10H2,(H,16,17)(H,19,20). The molecule has 7 heteroatoms. The number of aliphatic carboxylic acids is 1. The summed E-state index contributed by atoms with van der Waals surface area (Å²) in [4.78, 5) is 27.1. The quantitative estimate of drug-likeness (QED) is 0.865. The lowest BCUT2D eigenvalue weighted by atomic mass is 9.79. The van der Waals surface area contributed by atoms with Crippen molar-refractivity contribution in [1.82, 2.24) is 9.55 Å². The lowest BCUT2D eigenvalue weighted by molar-refractivity contribution is -0.137. The lowest BCUT2D eigenvalue weighted by Gasteiger charge is -2.33. The molecule has 2 heterocycles. The highest BCUT2D eigenvalue weighted by Crippen LogP contribution is 2.46. The molecule has 0 aromatic carbocycles. The second-order valence-corrected chi connectivity index (χ2v) is 6.30. The molecule has 1 aromatic heterocycles. The third-order valence-corrected chi connectivity index (χ3v) is 4.82. The van der Waals surface area contributed by atoms with Crippen LogP contribution in [0.2, 0.25) is 0 Å². The fourth-order valence-corrected chi connectivity index (χ4v) is 3.60. The van der Waals surface area contributed by atoms with Gasteiger partial charge in [-0.1, -0.05) is 0 Å². The van der Waals surface area contributed by atoms with Crippen LogP contribution in [0.3, 0.4) is 0 Å². The fourth-order valence-electron chi connectivity index (χ4n) is 3.60. The molecule has 1 aliphatic carbocycles. The highest BCUT2D eigenvalue weighted by Gasteiger charge is 2.40. The van der Waals surface area contributed by atoms with Crippen molar-refractivity contribution in [2.75, 3.05) is 18.5 Å². The van der Waals surface area contributed by atoms with E-state index in [1.54, 1.807) is 0 Å². The molecule has 1 spiro atoms. The van der Waals surface area contributed by atoms with Gasteiger partial charge in [-0.05, 0) is 37.5 Å². The van der Waals surface area contributed by atoms with Crippen LogP contribution in [0.15, 0.2) is 17.2 Å². The largest absolute Gasteiger partial charge is 0.480 e. The minimum atomic E-state index is -1.04. The van der Waals surface area contributed by atoms with Crippen molar-refractivity contribution in [1.29, 1.82) is 0 Å². The molecule has 1 saturated carbocycles. The molecule has 0 radical (unpaired) electrons. The Morgan fingerprint density at radius 2 is 2.23 bits per heavy atom. The Balaban J connectivity index is 1.69. The average molecular weight is 307 g/mol. The van der Waals surface area contributed by atoms with Crippen molar-refractivity contribution in [2.45, 2.75) is 44.7 Å². The Kier molecular flexibility index (Phi) is 4.15. The third-order valence-electron chi connectivity index (χ3n) is 4.82. The van der Waals surface area contributed by atoms with Crippen LogP contribution in [-0.2, 0) is 16.1 Å². The maximum atomic E-state index is 12.2. The second-order valence-electron chi connectivity index (χ2n) is 6.30. The van der Waals surface area contributed by atoms with Crippen molar-refractivity contribution in [3.8, 4) is 0 Å². The number of rotatable bonds is 4. The molecule has 1 unspecified atom stereocenters. The van der Waals surface area contributed by atoms with Crippen LogP contribution in [-0.4, -0.2) is 39.9 Å². The summed E-state index contributed by atoms with van der Waals surface area (Å²) in [5.74, 6) is -0.792. The number of anilines is 1. The third kappa shape index (κ3) is 3.14. The number of hydrogen-bond acceptors (Lipinski definition) is 5. The van der Waals surface area contributed by atoms with E-state index in [2.05, 4.69) is 10.3 Å². The molecule has 0 bridgehead atoms. The smallest absolute Gasteiger partial charge is 0.323 e.